The molecule has 78 valence electrons. The summed E-state index contributed by atoms with van der Waals surface area (Å²) < 4.78 is 1.16. The summed E-state index contributed by atoms with van der Waals surface area (Å²) in [5, 5.41) is 0. The molecule has 0 heterocycles. The third-order valence-electron chi connectivity index (χ3n) is 2.87. The predicted molar refractivity (Wildman–Crippen MR) is 70.6 cm³/mol. The van der Waals surface area contributed by atoms with Gasteiger partial charge in [-0.15, -0.1) is 0 Å². The minimum absolute atomic E-state index is 0.928. The summed E-state index contributed by atoms with van der Waals surface area (Å²) in [6.07, 6.45) is 5.68. The summed E-state index contributed by atoms with van der Waals surface area (Å²) in [4.78, 5) is 11.2. The molecule has 0 bridgehead atoms. The summed E-state index contributed by atoms with van der Waals surface area (Å²) >= 11 is 2.29. The van der Waals surface area contributed by atoms with Crippen molar-refractivity contribution in [3.05, 3.63) is 39.0 Å². The van der Waals surface area contributed by atoms with Crippen LogP contribution in [-0.4, -0.2) is 6.29 Å². The lowest BCUT2D eigenvalue weighted by atomic mass is 10.0. The molecule has 0 radical (unpaired) electrons. The minimum Gasteiger partial charge on any atom is -0.298 e. The second kappa shape index (κ2) is 4.92. The van der Waals surface area contributed by atoms with Gasteiger partial charge in [-0.05, 0) is 59.9 Å². The van der Waals surface area contributed by atoms with Gasteiger partial charge in [0.2, 0.25) is 0 Å². The molecule has 1 aromatic rings. The van der Waals surface area contributed by atoms with Crippen molar-refractivity contribution in [1.82, 2.24) is 0 Å². The van der Waals surface area contributed by atoms with Crippen LogP contribution in [-0.2, 0) is 4.79 Å². The zero-order chi connectivity index (χ0) is 10.7. The molecule has 0 aliphatic heterocycles. The van der Waals surface area contributed by atoms with Crippen molar-refractivity contribution in [1.29, 1.82) is 0 Å². The smallest absolute Gasteiger partial charge is 0.150 e. The molecule has 15 heavy (non-hydrogen) atoms. The van der Waals surface area contributed by atoms with Crippen LogP contribution in [0.25, 0.3) is 5.57 Å². The summed E-state index contributed by atoms with van der Waals surface area (Å²) in [7, 11) is 0. The first-order valence-corrected chi connectivity index (χ1v) is 6.33. The highest BCUT2D eigenvalue weighted by Crippen LogP contribution is 2.32. The lowest BCUT2D eigenvalue weighted by Crippen LogP contribution is -1.93. The van der Waals surface area contributed by atoms with Crippen LogP contribution in [0.1, 0.15) is 31.2 Å². The molecule has 0 unspecified atom stereocenters. The maximum atomic E-state index is 11.2. The molecule has 2 heteroatoms. The van der Waals surface area contributed by atoms with E-state index in [0.717, 1.165) is 33.8 Å². The number of benzene rings is 1. The Kier molecular flexibility index (Phi) is 3.57. The Morgan fingerprint density at radius 2 is 1.87 bits per heavy atom. The van der Waals surface area contributed by atoms with Gasteiger partial charge in [0.25, 0.3) is 0 Å². The Morgan fingerprint density at radius 3 is 2.47 bits per heavy atom. The SMILES string of the molecule is O=CC(=C1CCCC1)c1ccccc1I. The number of carbonyl (C=O) groups is 1. The van der Waals surface area contributed by atoms with Crippen molar-refractivity contribution < 1.29 is 4.79 Å². The van der Waals surface area contributed by atoms with Crippen molar-refractivity contribution in [2.75, 3.05) is 0 Å². The molecule has 1 aliphatic carbocycles. The van der Waals surface area contributed by atoms with E-state index in [0.29, 0.717) is 0 Å². The van der Waals surface area contributed by atoms with Crippen LogP contribution in [0, 0.1) is 3.57 Å². The highest BCUT2D eigenvalue weighted by atomic mass is 127. The van der Waals surface area contributed by atoms with E-state index in [1.54, 1.807) is 0 Å². The number of hydrogen-bond donors (Lipinski definition) is 0. The summed E-state index contributed by atoms with van der Waals surface area (Å²) in [5.74, 6) is 0. The van der Waals surface area contributed by atoms with Crippen LogP contribution in [0.5, 0.6) is 0 Å². The first kappa shape index (κ1) is 10.9. The van der Waals surface area contributed by atoms with Gasteiger partial charge in [0, 0.05) is 9.14 Å². The fourth-order valence-corrected chi connectivity index (χ4v) is 2.77. The first-order valence-electron chi connectivity index (χ1n) is 5.25. The van der Waals surface area contributed by atoms with E-state index in [2.05, 4.69) is 28.7 Å². The quantitative estimate of drug-likeness (QED) is 0.461. The number of halogens is 1. The highest BCUT2D eigenvalue weighted by molar-refractivity contribution is 14.1. The van der Waals surface area contributed by atoms with Gasteiger partial charge in [0.05, 0.1) is 0 Å². The number of allylic oxidation sites excluding steroid dienone is 2. The molecule has 1 aromatic carbocycles. The van der Waals surface area contributed by atoms with E-state index in [1.165, 1.54) is 18.4 Å². The van der Waals surface area contributed by atoms with Gasteiger partial charge in [-0.2, -0.15) is 0 Å². The van der Waals surface area contributed by atoms with Gasteiger partial charge in [0.15, 0.2) is 6.29 Å². The Hall–Kier alpha value is -0.640. The van der Waals surface area contributed by atoms with Gasteiger partial charge < -0.3 is 0 Å². The van der Waals surface area contributed by atoms with E-state index < -0.39 is 0 Å². The zero-order valence-electron chi connectivity index (χ0n) is 8.50. The van der Waals surface area contributed by atoms with Gasteiger partial charge in [-0.1, -0.05) is 23.8 Å². The number of hydrogen-bond acceptors (Lipinski definition) is 1. The Balaban J connectivity index is 2.47. The molecule has 1 saturated carbocycles. The third kappa shape index (κ3) is 2.30. The fourth-order valence-electron chi connectivity index (χ4n) is 2.09. The molecule has 1 fully saturated rings. The van der Waals surface area contributed by atoms with Crippen LogP contribution in [0.2, 0.25) is 0 Å². The van der Waals surface area contributed by atoms with Crippen molar-refractivity contribution >= 4 is 34.5 Å². The number of aldehydes is 1. The molecule has 0 atom stereocenters. The van der Waals surface area contributed by atoms with Crippen molar-refractivity contribution in [3.8, 4) is 0 Å². The number of rotatable bonds is 2. The van der Waals surface area contributed by atoms with E-state index in [9.17, 15) is 4.79 Å². The average molecular weight is 312 g/mol. The van der Waals surface area contributed by atoms with E-state index >= 15 is 0 Å². The molecule has 0 N–H and O–H groups in total. The minimum atomic E-state index is 0.928. The third-order valence-corrected chi connectivity index (χ3v) is 3.81. The van der Waals surface area contributed by atoms with Crippen molar-refractivity contribution in [2.45, 2.75) is 25.7 Å². The fraction of sp³-hybridized carbons (Fsp3) is 0.308. The van der Waals surface area contributed by atoms with Crippen molar-refractivity contribution in [2.24, 2.45) is 0 Å². The van der Waals surface area contributed by atoms with E-state index in [4.69, 9.17) is 0 Å². The normalized spacial score (nSPS) is 15.4. The van der Waals surface area contributed by atoms with Crippen LogP contribution >= 0.6 is 22.6 Å². The number of carbonyl (C=O) groups excluding carboxylic acids is 1. The van der Waals surface area contributed by atoms with E-state index in [-0.39, 0.29) is 0 Å². The van der Waals surface area contributed by atoms with Crippen molar-refractivity contribution in [3.63, 3.8) is 0 Å². The van der Waals surface area contributed by atoms with Gasteiger partial charge in [-0.3, -0.25) is 4.79 Å². The average Bonchev–Trinajstić information content (AvgIpc) is 2.75. The molecule has 0 spiro atoms. The van der Waals surface area contributed by atoms with Gasteiger partial charge >= 0.3 is 0 Å². The molecule has 0 aromatic heterocycles. The topological polar surface area (TPSA) is 17.1 Å². The standard InChI is InChI=1S/C13H13IO/c14-13-8-4-3-7-11(13)12(9-15)10-5-1-2-6-10/h3-4,7-9H,1-2,5-6H2. The van der Waals surface area contributed by atoms with E-state index in [1.807, 2.05) is 18.2 Å². The Morgan fingerprint density at radius 1 is 1.20 bits per heavy atom. The molecular formula is C13H13IO. The molecule has 2 rings (SSSR count). The zero-order valence-corrected chi connectivity index (χ0v) is 10.7. The van der Waals surface area contributed by atoms with Gasteiger partial charge in [-0.25, -0.2) is 0 Å². The first-order chi connectivity index (χ1) is 7.33. The monoisotopic (exact) mass is 312 g/mol. The maximum absolute atomic E-state index is 11.2. The molecule has 1 nitrogen and oxygen atoms in total. The molecule has 0 amide bonds. The summed E-state index contributed by atoms with van der Waals surface area (Å²) in [6.45, 7) is 0. The second-order valence-electron chi connectivity index (χ2n) is 3.82. The van der Waals surface area contributed by atoms with Crippen LogP contribution in [0.3, 0.4) is 0 Å². The predicted octanol–water partition coefficient (Wildman–Crippen LogP) is 3.82. The summed E-state index contributed by atoms with van der Waals surface area (Å²) in [5.41, 5.74) is 3.37. The molecular weight excluding hydrogens is 299 g/mol. The summed E-state index contributed by atoms with van der Waals surface area (Å²) in [6, 6.07) is 8.09. The van der Waals surface area contributed by atoms with Crippen LogP contribution < -0.4 is 0 Å². The lowest BCUT2D eigenvalue weighted by molar-refractivity contribution is -0.103. The maximum Gasteiger partial charge on any atom is 0.150 e. The second-order valence-corrected chi connectivity index (χ2v) is 4.98. The molecule has 0 saturated heterocycles. The largest absolute Gasteiger partial charge is 0.298 e. The van der Waals surface area contributed by atoms with Gasteiger partial charge in [0.1, 0.15) is 0 Å². The molecule has 1 aliphatic rings. The highest BCUT2D eigenvalue weighted by Gasteiger charge is 2.14. The van der Waals surface area contributed by atoms with Crippen LogP contribution in [0.4, 0.5) is 0 Å². The van der Waals surface area contributed by atoms with Crippen LogP contribution in [0.15, 0.2) is 29.8 Å². The lowest BCUT2D eigenvalue weighted by Gasteiger charge is -2.07. The Bertz CT molecular complexity index is 399. The Labute approximate surface area is 104 Å².